The van der Waals surface area contributed by atoms with E-state index in [0.717, 1.165) is 78.7 Å². The second-order valence-corrected chi connectivity index (χ2v) is 7.74. The lowest BCUT2D eigenvalue weighted by Crippen LogP contribution is -2.48. The normalized spacial score (nSPS) is 15.6. The molecule has 0 saturated carbocycles. The summed E-state index contributed by atoms with van der Waals surface area (Å²) in [5.74, 6) is 1.09. The molecule has 1 aliphatic heterocycles. The summed E-state index contributed by atoms with van der Waals surface area (Å²) >= 11 is 1.51. The monoisotopic (exact) mass is 375 g/mol. The van der Waals surface area contributed by atoms with Crippen molar-refractivity contribution in [2.45, 2.75) is 34.1 Å². The third kappa shape index (κ3) is 3.55. The van der Waals surface area contributed by atoms with Crippen LogP contribution in [0.1, 0.15) is 42.4 Å². The molecule has 1 amide bonds. The zero-order valence-corrected chi connectivity index (χ0v) is 17.1. The molecule has 0 aromatic carbocycles. The van der Waals surface area contributed by atoms with Gasteiger partial charge in [-0.05, 0) is 39.3 Å². The van der Waals surface area contributed by atoms with E-state index in [2.05, 4.69) is 40.5 Å². The first-order valence-electron chi connectivity index (χ1n) is 9.61. The van der Waals surface area contributed by atoms with Crippen LogP contribution < -0.4 is 4.90 Å². The number of amides is 1. The molecule has 2 aromatic heterocycles. The highest BCUT2D eigenvalue weighted by atomic mass is 32.1. The van der Waals surface area contributed by atoms with Gasteiger partial charge in [-0.3, -0.25) is 9.69 Å². The Morgan fingerprint density at radius 3 is 2.46 bits per heavy atom. The van der Waals surface area contributed by atoms with Crippen molar-refractivity contribution in [3.8, 4) is 0 Å². The SMILES string of the molecule is CCCN1CCN(C(=O)c2sc3ncnc(N(CC)CC)c3c2C)CC1. The van der Waals surface area contributed by atoms with Gasteiger partial charge in [0.15, 0.2) is 0 Å². The van der Waals surface area contributed by atoms with Crippen LogP contribution in [0.2, 0.25) is 0 Å². The molecule has 1 aliphatic rings. The molecule has 0 N–H and O–H groups in total. The van der Waals surface area contributed by atoms with E-state index in [4.69, 9.17) is 0 Å². The molecule has 26 heavy (non-hydrogen) atoms. The summed E-state index contributed by atoms with van der Waals surface area (Å²) in [6.07, 6.45) is 2.78. The number of aryl methyl sites for hydroxylation is 1. The Morgan fingerprint density at radius 1 is 1.15 bits per heavy atom. The standard InChI is InChI=1S/C19H29N5OS/c1-5-8-22-9-11-24(12-10-22)19(25)16-14(4)15-17(23(6-2)7-3)20-13-21-18(15)26-16/h13H,5-12H2,1-4H3. The average Bonchev–Trinajstić information content (AvgIpc) is 3.00. The molecule has 7 heteroatoms. The third-order valence-corrected chi connectivity index (χ3v) is 6.35. The van der Waals surface area contributed by atoms with Crippen molar-refractivity contribution >= 4 is 33.3 Å². The zero-order chi connectivity index (χ0) is 18.7. The second-order valence-electron chi connectivity index (χ2n) is 6.74. The number of fused-ring (bicyclic) bond motifs is 1. The van der Waals surface area contributed by atoms with Crippen molar-refractivity contribution in [1.29, 1.82) is 0 Å². The van der Waals surface area contributed by atoms with Crippen LogP contribution in [-0.4, -0.2) is 71.5 Å². The smallest absolute Gasteiger partial charge is 0.264 e. The van der Waals surface area contributed by atoms with Crippen LogP contribution in [0.4, 0.5) is 5.82 Å². The first kappa shape index (κ1) is 19.0. The predicted molar refractivity (Wildman–Crippen MR) is 108 cm³/mol. The molecule has 1 saturated heterocycles. The van der Waals surface area contributed by atoms with Gasteiger partial charge < -0.3 is 9.80 Å². The van der Waals surface area contributed by atoms with Crippen LogP contribution in [-0.2, 0) is 0 Å². The highest BCUT2D eigenvalue weighted by Crippen LogP contribution is 2.35. The van der Waals surface area contributed by atoms with Gasteiger partial charge in [0.2, 0.25) is 0 Å². The second kappa shape index (κ2) is 8.31. The fourth-order valence-corrected chi connectivity index (χ4v) is 4.77. The van der Waals surface area contributed by atoms with Gasteiger partial charge in [0, 0.05) is 39.3 Å². The Kier molecular flexibility index (Phi) is 6.09. The van der Waals surface area contributed by atoms with Gasteiger partial charge in [-0.1, -0.05) is 6.92 Å². The number of piperazine rings is 1. The minimum absolute atomic E-state index is 0.146. The molecule has 142 valence electrons. The third-order valence-electron chi connectivity index (χ3n) is 5.16. The first-order chi connectivity index (χ1) is 12.6. The summed E-state index contributed by atoms with van der Waals surface area (Å²) in [4.78, 5) is 30.5. The molecule has 3 heterocycles. The fraction of sp³-hybridized carbons (Fsp3) is 0.632. The van der Waals surface area contributed by atoms with E-state index in [1.165, 1.54) is 11.3 Å². The van der Waals surface area contributed by atoms with Gasteiger partial charge in [0.25, 0.3) is 5.91 Å². The lowest BCUT2D eigenvalue weighted by atomic mass is 10.1. The molecule has 3 rings (SSSR count). The van der Waals surface area contributed by atoms with E-state index in [0.29, 0.717) is 0 Å². The number of nitrogens with zero attached hydrogens (tertiary/aromatic N) is 5. The topological polar surface area (TPSA) is 52.6 Å². The summed E-state index contributed by atoms with van der Waals surface area (Å²) in [6.45, 7) is 14.9. The minimum atomic E-state index is 0.146. The molecule has 0 unspecified atom stereocenters. The van der Waals surface area contributed by atoms with Crippen LogP contribution in [0.3, 0.4) is 0 Å². The number of carbonyl (C=O) groups is 1. The number of carbonyl (C=O) groups excluding carboxylic acids is 1. The van der Waals surface area contributed by atoms with Gasteiger partial charge in [0.05, 0.1) is 10.3 Å². The lowest BCUT2D eigenvalue weighted by molar-refractivity contribution is 0.0642. The van der Waals surface area contributed by atoms with Gasteiger partial charge in [-0.2, -0.15) is 0 Å². The summed E-state index contributed by atoms with van der Waals surface area (Å²) in [7, 11) is 0. The predicted octanol–water partition coefficient (Wildman–Crippen LogP) is 3.01. The highest BCUT2D eigenvalue weighted by Gasteiger charge is 2.27. The zero-order valence-electron chi connectivity index (χ0n) is 16.3. The molecule has 0 bridgehead atoms. The molecular formula is C19H29N5OS. The Labute approximate surface area is 159 Å². The van der Waals surface area contributed by atoms with Crippen molar-refractivity contribution < 1.29 is 4.79 Å². The maximum atomic E-state index is 13.1. The summed E-state index contributed by atoms with van der Waals surface area (Å²) in [6, 6.07) is 0. The van der Waals surface area contributed by atoms with Gasteiger partial charge in [-0.15, -0.1) is 11.3 Å². The Balaban J connectivity index is 1.88. The number of anilines is 1. The maximum Gasteiger partial charge on any atom is 0.264 e. The molecule has 0 aliphatic carbocycles. The lowest BCUT2D eigenvalue weighted by Gasteiger charge is -2.34. The van der Waals surface area contributed by atoms with Crippen molar-refractivity contribution in [2.24, 2.45) is 0 Å². The number of aromatic nitrogens is 2. The minimum Gasteiger partial charge on any atom is -0.357 e. The van der Waals surface area contributed by atoms with Crippen molar-refractivity contribution in [3.63, 3.8) is 0 Å². The van der Waals surface area contributed by atoms with E-state index in [1.807, 2.05) is 11.8 Å². The molecule has 2 aromatic rings. The van der Waals surface area contributed by atoms with Crippen LogP contribution in [0.5, 0.6) is 0 Å². The Morgan fingerprint density at radius 2 is 1.85 bits per heavy atom. The van der Waals surface area contributed by atoms with Crippen LogP contribution in [0, 0.1) is 6.92 Å². The fourth-order valence-electron chi connectivity index (χ4n) is 3.65. The molecule has 1 fully saturated rings. The van der Waals surface area contributed by atoms with Crippen LogP contribution in [0.25, 0.3) is 10.2 Å². The van der Waals surface area contributed by atoms with E-state index in [1.54, 1.807) is 6.33 Å². The van der Waals surface area contributed by atoms with Crippen molar-refractivity contribution in [3.05, 3.63) is 16.8 Å². The Bertz CT molecular complexity index is 763. The molecule has 6 nitrogen and oxygen atoms in total. The molecular weight excluding hydrogens is 346 g/mol. The molecule has 0 atom stereocenters. The molecule has 0 spiro atoms. The van der Waals surface area contributed by atoms with Gasteiger partial charge in [0.1, 0.15) is 17.0 Å². The van der Waals surface area contributed by atoms with E-state index >= 15 is 0 Å². The quantitative estimate of drug-likeness (QED) is 0.777. The van der Waals surface area contributed by atoms with Crippen LogP contribution in [0.15, 0.2) is 6.33 Å². The Hall–Kier alpha value is -1.73. The summed E-state index contributed by atoms with van der Waals surface area (Å²) in [5.41, 5.74) is 1.02. The van der Waals surface area contributed by atoms with E-state index < -0.39 is 0 Å². The largest absolute Gasteiger partial charge is 0.357 e. The maximum absolute atomic E-state index is 13.1. The van der Waals surface area contributed by atoms with E-state index in [-0.39, 0.29) is 5.91 Å². The average molecular weight is 376 g/mol. The number of rotatable bonds is 6. The number of hydrogen-bond donors (Lipinski definition) is 0. The van der Waals surface area contributed by atoms with Crippen molar-refractivity contribution in [2.75, 3.05) is 50.7 Å². The van der Waals surface area contributed by atoms with Gasteiger partial charge >= 0.3 is 0 Å². The van der Waals surface area contributed by atoms with E-state index in [9.17, 15) is 4.79 Å². The number of thiophene rings is 1. The van der Waals surface area contributed by atoms with Crippen LogP contribution >= 0.6 is 11.3 Å². The number of hydrogen-bond acceptors (Lipinski definition) is 6. The first-order valence-corrected chi connectivity index (χ1v) is 10.4. The summed E-state index contributed by atoms with van der Waals surface area (Å²) < 4.78 is 0. The van der Waals surface area contributed by atoms with Crippen molar-refractivity contribution in [1.82, 2.24) is 19.8 Å². The highest BCUT2D eigenvalue weighted by molar-refractivity contribution is 7.20. The summed E-state index contributed by atoms with van der Waals surface area (Å²) in [5, 5.41) is 1.04. The molecule has 0 radical (unpaired) electrons. The van der Waals surface area contributed by atoms with Gasteiger partial charge in [-0.25, -0.2) is 9.97 Å².